The summed E-state index contributed by atoms with van der Waals surface area (Å²) in [6.07, 6.45) is 1.26. The highest BCUT2D eigenvalue weighted by molar-refractivity contribution is 5.88. The molecule has 21 heavy (non-hydrogen) atoms. The molecule has 0 amide bonds. The SMILES string of the molecule is CC1OCCC1CNc1cc(C(=O)O)cc(C(C)(C)C)n1. The molecule has 2 heterocycles. The van der Waals surface area contributed by atoms with Gasteiger partial charge in [-0.1, -0.05) is 20.8 Å². The largest absolute Gasteiger partial charge is 0.478 e. The maximum absolute atomic E-state index is 11.3. The van der Waals surface area contributed by atoms with Crippen LogP contribution < -0.4 is 5.32 Å². The van der Waals surface area contributed by atoms with Gasteiger partial charge in [-0.25, -0.2) is 9.78 Å². The second-order valence-corrected chi connectivity index (χ2v) is 6.69. The van der Waals surface area contributed by atoms with E-state index in [0.717, 1.165) is 25.3 Å². The molecular weight excluding hydrogens is 268 g/mol. The highest BCUT2D eigenvalue weighted by Crippen LogP contribution is 2.25. The Morgan fingerprint density at radius 2 is 2.19 bits per heavy atom. The van der Waals surface area contributed by atoms with Gasteiger partial charge in [0, 0.05) is 30.2 Å². The van der Waals surface area contributed by atoms with E-state index in [1.807, 2.05) is 20.8 Å². The van der Waals surface area contributed by atoms with Crippen molar-refractivity contribution in [3.63, 3.8) is 0 Å². The Kier molecular flexibility index (Phi) is 4.52. The number of aromatic nitrogens is 1. The lowest BCUT2D eigenvalue weighted by atomic mass is 9.90. The number of hydrogen-bond acceptors (Lipinski definition) is 4. The summed E-state index contributed by atoms with van der Waals surface area (Å²) >= 11 is 0. The van der Waals surface area contributed by atoms with Gasteiger partial charge in [-0.3, -0.25) is 0 Å². The van der Waals surface area contributed by atoms with E-state index >= 15 is 0 Å². The van der Waals surface area contributed by atoms with E-state index in [9.17, 15) is 9.90 Å². The molecule has 0 bridgehead atoms. The topological polar surface area (TPSA) is 71.5 Å². The van der Waals surface area contributed by atoms with Gasteiger partial charge in [0.15, 0.2) is 0 Å². The molecule has 1 aliphatic rings. The number of aromatic carboxylic acids is 1. The number of pyridine rings is 1. The van der Waals surface area contributed by atoms with E-state index in [1.165, 1.54) is 0 Å². The molecule has 0 aliphatic carbocycles. The van der Waals surface area contributed by atoms with Gasteiger partial charge in [-0.15, -0.1) is 0 Å². The molecule has 0 radical (unpaired) electrons. The first-order valence-electron chi connectivity index (χ1n) is 7.38. The number of rotatable bonds is 4. The summed E-state index contributed by atoms with van der Waals surface area (Å²) in [6.45, 7) is 9.69. The van der Waals surface area contributed by atoms with Crippen LogP contribution in [0.2, 0.25) is 0 Å². The van der Waals surface area contributed by atoms with Crippen LogP contribution in [0.15, 0.2) is 12.1 Å². The first-order valence-corrected chi connectivity index (χ1v) is 7.38. The van der Waals surface area contributed by atoms with Gasteiger partial charge in [0.25, 0.3) is 0 Å². The van der Waals surface area contributed by atoms with Crippen molar-refractivity contribution in [2.75, 3.05) is 18.5 Å². The molecule has 5 nitrogen and oxygen atoms in total. The van der Waals surface area contributed by atoms with Crippen molar-refractivity contribution in [1.29, 1.82) is 0 Å². The summed E-state index contributed by atoms with van der Waals surface area (Å²) in [7, 11) is 0. The zero-order chi connectivity index (χ0) is 15.6. The van der Waals surface area contributed by atoms with Crippen LogP contribution in [0, 0.1) is 5.92 Å². The van der Waals surface area contributed by atoms with E-state index in [0.29, 0.717) is 11.7 Å². The number of nitrogens with zero attached hydrogens (tertiary/aromatic N) is 1. The summed E-state index contributed by atoms with van der Waals surface area (Å²) in [5.41, 5.74) is 0.861. The lowest BCUT2D eigenvalue weighted by Crippen LogP contribution is -2.22. The summed E-state index contributed by atoms with van der Waals surface area (Å²) in [5.74, 6) is 0.140. The van der Waals surface area contributed by atoms with E-state index in [2.05, 4.69) is 17.2 Å². The molecule has 116 valence electrons. The highest BCUT2D eigenvalue weighted by Gasteiger charge is 2.24. The van der Waals surface area contributed by atoms with E-state index in [4.69, 9.17) is 4.74 Å². The number of carboxylic acids is 1. The number of ether oxygens (including phenoxy) is 1. The lowest BCUT2D eigenvalue weighted by Gasteiger charge is -2.21. The molecule has 5 heteroatoms. The Morgan fingerprint density at radius 1 is 1.48 bits per heavy atom. The van der Waals surface area contributed by atoms with Gasteiger partial charge >= 0.3 is 5.97 Å². The van der Waals surface area contributed by atoms with Crippen molar-refractivity contribution < 1.29 is 14.6 Å². The molecule has 0 saturated carbocycles. The molecule has 2 unspecified atom stereocenters. The number of nitrogens with one attached hydrogen (secondary N) is 1. The summed E-state index contributed by atoms with van der Waals surface area (Å²) in [4.78, 5) is 15.8. The predicted octanol–water partition coefficient (Wildman–Crippen LogP) is 2.91. The van der Waals surface area contributed by atoms with E-state index < -0.39 is 5.97 Å². The standard InChI is InChI=1S/C16H24N2O3/c1-10-11(5-6-21-10)9-17-14-8-12(15(19)20)7-13(18-14)16(2,3)4/h7-8,10-11H,5-6,9H2,1-4H3,(H,17,18)(H,19,20). The molecule has 1 aromatic heterocycles. The average Bonchev–Trinajstić information content (AvgIpc) is 2.80. The van der Waals surface area contributed by atoms with Crippen molar-refractivity contribution in [3.8, 4) is 0 Å². The Labute approximate surface area is 125 Å². The molecular formula is C16H24N2O3. The van der Waals surface area contributed by atoms with E-state index in [-0.39, 0.29) is 17.1 Å². The summed E-state index contributed by atoms with van der Waals surface area (Å²) in [5, 5.41) is 12.5. The third kappa shape index (κ3) is 3.94. The van der Waals surface area contributed by atoms with Gasteiger partial charge < -0.3 is 15.2 Å². The molecule has 1 saturated heterocycles. The molecule has 1 fully saturated rings. The molecule has 2 N–H and O–H groups in total. The fourth-order valence-electron chi connectivity index (χ4n) is 2.41. The quantitative estimate of drug-likeness (QED) is 0.892. The minimum atomic E-state index is -0.927. The van der Waals surface area contributed by atoms with Gasteiger partial charge in [-0.2, -0.15) is 0 Å². The number of anilines is 1. The zero-order valence-corrected chi connectivity index (χ0v) is 13.1. The summed E-state index contributed by atoms with van der Waals surface area (Å²) < 4.78 is 5.54. The van der Waals surface area contributed by atoms with Crippen LogP contribution in [0.1, 0.15) is 50.2 Å². The normalized spacial score (nSPS) is 22.3. The van der Waals surface area contributed by atoms with Gasteiger partial charge in [0.05, 0.1) is 11.7 Å². The first-order chi connectivity index (χ1) is 9.77. The molecule has 0 aromatic carbocycles. The minimum Gasteiger partial charge on any atom is -0.478 e. The molecule has 2 atom stereocenters. The highest BCUT2D eigenvalue weighted by atomic mass is 16.5. The summed E-state index contributed by atoms with van der Waals surface area (Å²) in [6, 6.07) is 3.24. The van der Waals surface area contributed by atoms with Crippen LogP contribution in [0.3, 0.4) is 0 Å². The van der Waals surface area contributed by atoms with Crippen molar-refractivity contribution in [2.45, 2.75) is 45.6 Å². The third-order valence-electron chi connectivity index (χ3n) is 3.92. The maximum atomic E-state index is 11.3. The van der Waals surface area contributed by atoms with Crippen LogP contribution in [0.5, 0.6) is 0 Å². The smallest absolute Gasteiger partial charge is 0.335 e. The monoisotopic (exact) mass is 292 g/mol. The van der Waals surface area contributed by atoms with Gasteiger partial charge in [0.2, 0.25) is 0 Å². The fraction of sp³-hybridized carbons (Fsp3) is 0.625. The van der Waals surface area contributed by atoms with Crippen molar-refractivity contribution in [3.05, 3.63) is 23.4 Å². The van der Waals surface area contributed by atoms with E-state index in [1.54, 1.807) is 12.1 Å². The Morgan fingerprint density at radius 3 is 2.71 bits per heavy atom. The Hall–Kier alpha value is -1.62. The zero-order valence-electron chi connectivity index (χ0n) is 13.1. The minimum absolute atomic E-state index is 0.189. The number of carboxylic acid groups (broad SMARTS) is 1. The molecule has 1 aliphatic heterocycles. The first kappa shape index (κ1) is 15.8. The molecule has 2 rings (SSSR count). The van der Waals surface area contributed by atoms with Crippen LogP contribution in [0.25, 0.3) is 0 Å². The third-order valence-corrected chi connectivity index (χ3v) is 3.92. The molecule has 0 spiro atoms. The second-order valence-electron chi connectivity index (χ2n) is 6.69. The van der Waals surface area contributed by atoms with Gasteiger partial charge in [0.1, 0.15) is 5.82 Å². The molecule has 1 aromatic rings. The van der Waals surface area contributed by atoms with Crippen LogP contribution >= 0.6 is 0 Å². The van der Waals surface area contributed by atoms with Crippen molar-refractivity contribution in [2.24, 2.45) is 5.92 Å². The fourth-order valence-corrected chi connectivity index (χ4v) is 2.41. The average molecular weight is 292 g/mol. The maximum Gasteiger partial charge on any atom is 0.335 e. The van der Waals surface area contributed by atoms with Crippen LogP contribution in [0.4, 0.5) is 5.82 Å². The van der Waals surface area contributed by atoms with Crippen LogP contribution in [-0.4, -0.2) is 35.3 Å². The number of carbonyl (C=O) groups is 1. The van der Waals surface area contributed by atoms with Crippen molar-refractivity contribution in [1.82, 2.24) is 4.98 Å². The Balaban J connectivity index is 2.18. The van der Waals surface area contributed by atoms with Crippen LogP contribution in [-0.2, 0) is 10.2 Å². The second kappa shape index (κ2) is 6.02. The lowest BCUT2D eigenvalue weighted by molar-refractivity contribution is 0.0696. The van der Waals surface area contributed by atoms with Gasteiger partial charge in [-0.05, 0) is 25.5 Å². The predicted molar refractivity (Wildman–Crippen MR) is 81.9 cm³/mol. The number of hydrogen-bond donors (Lipinski definition) is 2. The van der Waals surface area contributed by atoms with Crippen molar-refractivity contribution >= 4 is 11.8 Å². The Bertz CT molecular complexity index is 523.